The molecule has 7 nitrogen and oxygen atoms in total. The topological polar surface area (TPSA) is 93.1 Å². The molecule has 0 aliphatic carbocycles. The zero-order valence-corrected chi connectivity index (χ0v) is 14.3. The van der Waals surface area contributed by atoms with Crippen LogP contribution in [-0.2, 0) is 14.3 Å². The van der Waals surface area contributed by atoms with E-state index in [1.54, 1.807) is 19.9 Å². The number of imide groups is 1. The fourth-order valence-electron chi connectivity index (χ4n) is 2.00. The van der Waals surface area contributed by atoms with E-state index in [0.29, 0.717) is 5.56 Å². The predicted octanol–water partition coefficient (Wildman–Crippen LogP) is 2.39. The Morgan fingerprint density at radius 2 is 2.08 bits per heavy atom. The number of carbonyl (C=O) groups is 3. The van der Waals surface area contributed by atoms with Gasteiger partial charge in [0.2, 0.25) is 0 Å². The van der Waals surface area contributed by atoms with Gasteiger partial charge in [0.05, 0.1) is 18.1 Å². The maximum absolute atomic E-state index is 12.3. The minimum absolute atomic E-state index is 0.0285. The molecule has 8 heteroatoms. The van der Waals surface area contributed by atoms with Gasteiger partial charge in [-0.25, -0.2) is 0 Å². The predicted molar refractivity (Wildman–Crippen MR) is 88.6 cm³/mol. The average Bonchev–Trinajstić information content (AvgIpc) is 2.76. The highest BCUT2D eigenvalue weighted by Crippen LogP contribution is 2.34. The molecule has 1 heterocycles. The van der Waals surface area contributed by atoms with Crippen LogP contribution < -0.4 is 4.74 Å². The lowest BCUT2D eigenvalue weighted by Crippen LogP contribution is -2.35. The Hall–Kier alpha value is -2.48. The number of rotatable bonds is 5. The Morgan fingerprint density at radius 3 is 2.71 bits per heavy atom. The summed E-state index contributed by atoms with van der Waals surface area (Å²) in [4.78, 5) is 36.9. The van der Waals surface area contributed by atoms with E-state index in [1.165, 1.54) is 25.3 Å². The minimum Gasteiger partial charge on any atom is -0.504 e. The number of hydrogen-bond acceptors (Lipinski definition) is 7. The van der Waals surface area contributed by atoms with Gasteiger partial charge in [0.25, 0.3) is 11.1 Å². The monoisotopic (exact) mass is 351 g/mol. The van der Waals surface area contributed by atoms with Crippen LogP contribution in [0.15, 0.2) is 23.1 Å². The Kier molecular flexibility index (Phi) is 5.50. The summed E-state index contributed by atoms with van der Waals surface area (Å²) in [6.07, 6.45) is 1.18. The van der Waals surface area contributed by atoms with Crippen molar-refractivity contribution in [2.75, 3.05) is 13.7 Å². The van der Waals surface area contributed by atoms with Gasteiger partial charge in [-0.05, 0) is 49.4 Å². The molecule has 0 unspecified atom stereocenters. The quantitative estimate of drug-likeness (QED) is 0.643. The summed E-state index contributed by atoms with van der Waals surface area (Å²) in [5, 5.41) is 9.04. The number of phenols is 1. The first-order chi connectivity index (χ1) is 11.3. The van der Waals surface area contributed by atoms with Crippen molar-refractivity contribution in [2.24, 2.45) is 0 Å². The number of ether oxygens (including phenoxy) is 2. The highest BCUT2D eigenvalue weighted by Gasteiger charge is 2.36. The third kappa shape index (κ3) is 4.08. The second kappa shape index (κ2) is 7.39. The minimum atomic E-state index is -0.639. The van der Waals surface area contributed by atoms with Crippen molar-refractivity contribution < 1.29 is 29.0 Å². The van der Waals surface area contributed by atoms with Gasteiger partial charge in [0, 0.05) is 0 Å². The van der Waals surface area contributed by atoms with Crippen LogP contribution in [0, 0.1) is 0 Å². The second-order valence-corrected chi connectivity index (χ2v) is 6.23. The molecule has 24 heavy (non-hydrogen) atoms. The summed E-state index contributed by atoms with van der Waals surface area (Å²) in [5.41, 5.74) is 0.583. The first-order valence-electron chi connectivity index (χ1n) is 7.13. The fraction of sp³-hybridized carbons (Fsp3) is 0.312. The van der Waals surface area contributed by atoms with E-state index in [2.05, 4.69) is 0 Å². The summed E-state index contributed by atoms with van der Waals surface area (Å²) >= 11 is 0.743. The standard InChI is InChI=1S/C16H17NO6S/c1-9(2)23-14(19)8-17-15(20)13(24-16(17)21)7-10-4-5-11(18)12(6-10)22-3/h4-7,9,18H,8H2,1-3H3. The van der Waals surface area contributed by atoms with Crippen LogP contribution >= 0.6 is 11.8 Å². The van der Waals surface area contributed by atoms with Crippen molar-refractivity contribution >= 4 is 35.0 Å². The van der Waals surface area contributed by atoms with E-state index in [-0.39, 0.29) is 22.5 Å². The molecule has 1 N–H and O–H groups in total. The molecule has 1 aliphatic heterocycles. The fourth-order valence-corrected chi connectivity index (χ4v) is 2.84. The Bertz CT molecular complexity index is 713. The summed E-state index contributed by atoms with van der Waals surface area (Å²) in [5.74, 6) is -0.972. The molecule has 1 aliphatic rings. The first kappa shape index (κ1) is 17.9. The van der Waals surface area contributed by atoms with Gasteiger partial charge in [-0.15, -0.1) is 0 Å². The van der Waals surface area contributed by atoms with Crippen LogP contribution in [0.4, 0.5) is 4.79 Å². The molecule has 1 fully saturated rings. The van der Waals surface area contributed by atoms with Crippen molar-refractivity contribution in [1.82, 2.24) is 4.90 Å². The number of amides is 2. The average molecular weight is 351 g/mol. The van der Waals surface area contributed by atoms with Gasteiger partial charge in [-0.3, -0.25) is 19.3 Å². The molecule has 1 saturated heterocycles. The van der Waals surface area contributed by atoms with Gasteiger partial charge in [-0.1, -0.05) is 6.07 Å². The van der Waals surface area contributed by atoms with Gasteiger partial charge >= 0.3 is 5.97 Å². The van der Waals surface area contributed by atoms with E-state index in [9.17, 15) is 19.5 Å². The maximum atomic E-state index is 12.3. The van der Waals surface area contributed by atoms with Gasteiger partial charge < -0.3 is 14.6 Å². The summed E-state index contributed by atoms with van der Waals surface area (Å²) in [6, 6.07) is 4.55. The Balaban J connectivity index is 2.17. The highest BCUT2D eigenvalue weighted by atomic mass is 32.2. The molecule has 1 aromatic rings. The third-order valence-electron chi connectivity index (χ3n) is 3.03. The maximum Gasteiger partial charge on any atom is 0.326 e. The number of benzene rings is 1. The zero-order valence-electron chi connectivity index (χ0n) is 13.4. The number of carbonyl (C=O) groups excluding carboxylic acids is 3. The summed E-state index contributed by atoms with van der Waals surface area (Å²) < 4.78 is 9.95. The molecule has 0 spiro atoms. The normalized spacial score (nSPS) is 16.2. The van der Waals surface area contributed by atoms with Crippen molar-refractivity contribution in [3.8, 4) is 11.5 Å². The number of nitrogens with zero attached hydrogens (tertiary/aromatic N) is 1. The number of methoxy groups -OCH3 is 1. The molecular formula is C16H17NO6S. The molecule has 0 atom stereocenters. The third-order valence-corrected chi connectivity index (χ3v) is 3.94. The highest BCUT2D eigenvalue weighted by molar-refractivity contribution is 8.18. The van der Waals surface area contributed by atoms with Crippen LogP contribution in [0.2, 0.25) is 0 Å². The molecular weight excluding hydrogens is 334 g/mol. The molecule has 0 bridgehead atoms. The van der Waals surface area contributed by atoms with Crippen LogP contribution in [0.1, 0.15) is 19.4 Å². The van der Waals surface area contributed by atoms with Crippen LogP contribution in [0.5, 0.6) is 11.5 Å². The SMILES string of the molecule is COc1cc(C=C2SC(=O)N(CC(=O)OC(C)C)C2=O)ccc1O. The van der Waals surface area contributed by atoms with Crippen LogP contribution in [0.25, 0.3) is 6.08 Å². The first-order valence-corrected chi connectivity index (χ1v) is 7.95. The largest absolute Gasteiger partial charge is 0.504 e. The molecule has 0 saturated carbocycles. The molecule has 0 radical (unpaired) electrons. The van der Waals surface area contributed by atoms with Crippen LogP contribution in [-0.4, -0.2) is 46.9 Å². The summed E-state index contributed by atoms with van der Waals surface area (Å²) in [7, 11) is 1.41. The lowest BCUT2D eigenvalue weighted by atomic mass is 10.2. The van der Waals surface area contributed by atoms with Gasteiger partial charge in [0.15, 0.2) is 11.5 Å². The van der Waals surface area contributed by atoms with Gasteiger partial charge in [-0.2, -0.15) is 0 Å². The van der Waals surface area contributed by atoms with E-state index in [1.807, 2.05) is 0 Å². The lowest BCUT2D eigenvalue weighted by Gasteiger charge is -2.13. The van der Waals surface area contributed by atoms with E-state index in [0.717, 1.165) is 16.7 Å². The van der Waals surface area contributed by atoms with E-state index in [4.69, 9.17) is 9.47 Å². The number of hydrogen-bond donors (Lipinski definition) is 1. The van der Waals surface area contributed by atoms with Crippen molar-refractivity contribution in [3.05, 3.63) is 28.7 Å². The number of phenolic OH excluding ortho intramolecular Hbond substituents is 1. The van der Waals surface area contributed by atoms with E-state index >= 15 is 0 Å². The Morgan fingerprint density at radius 1 is 1.38 bits per heavy atom. The molecule has 0 aromatic heterocycles. The van der Waals surface area contributed by atoms with Crippen LogP contribution in [0.3, 0.4) is 0 Å². The van der Waals surface area contributed by atoms with E-state index < -0.39 is 23.7 Å². The number of esters is 1. The second-order valence-electron chi connectivity index (χ2n) is 5.24. The van der Waals surface area contributed by atoms with Crippen molar-refractivity contribution in [2.45, 2.75) is 20.0 Å². The molecule has 1 aromatic carbocycles. The van der Waals surface area contributed by atoms with Crippen molar-refractivity contribution in [3.63, 3.8) is 0 Å². The molecule has 2 amide bonds. The molecule has 2 rings (SSSR count). The van der Waals surface area contributed by atoms with Crippen molar-refractivity contribution in [1.29, 1.82) is 0 Å². The number of thioether (sulfide) groups is 1. The Labute approximate surface area is 143 Å². The lowest BCUT2D eigenvalue weighted by molar-refractivity contribution is -0.149. The molecule has 128 valence electrons. The zero-order chi connectivity index (χ0) is 17.9. The number of aromatic hydroxyl groups is 1. The summed E-state index contributed by atoms with van der Waals surface area (Å²) in [6.45, 7) is 2.95. The smallest absolute Gasteiger partial charge is 0.326 e. The van der Waals surface area contributed by atoms with Gasteiger partial charge in [0.1, 0.15) is 6.54 Å².